The number of halogens is 1. The second kappa shape index (κ2) is 4.99. The predicted molar refractivity (Wildman–Crippen MR) is 60.8 cm³/mol. The molecule has 0 aliphatic heterocycles. The van der Waals surface area contributed by atoms with Crippen LogP contribution in [-0.4, -0.2) is 4.98 Å². The van der Waals surface area contributed by atoms with Gasteiger partial charge in [-0.3, -0.25) is 4.98 Å². The minimum atomic E-state index is 0.804. The largest absolute Gasteiger partial charge is 0.250 e. The molecule has 2 nitrogen and oxygen atoms in total. The highest BCUT2D eigenvalue weighted by Crippen LogP contribution is 2.10. The molecular weight excluding hydrogens is 208 g/mol. The van der Waals surface area contributed by atoms with Crippen molar-refractivity contribution in [1.82, 2.24) is 4.98 Å². The summed E-state index contributed by atoms with van der Waals surface area (Å²) in [6.45, 7) is 1.05. The quantitative estimate of drug-likeness (QED) is 0.766. The van der Waals surface area contributed by atoms with Crippen molar-refractivity contribution in [3.05, 3.63) is 53.6 Å². The zero-order valence-corrected chi connectivity index (χ0v) is 9.24. The van der Waals surface area contributed by atoms with Gasteiger partial charge in [0.2, 0.25) is 6.33 Å². The van der Waals surface area contributed by atoms with Crippen LogP contribution in [0.2, 0.25) is 5.02 Å². The van der Waals surface area contributed by atoms with E-state index in [-0.39, 0.29) is 0 Å². The van der Waals surface area contributed by atoms with Crippen molar-refractivity contribution in [3.63, 3.8) is 0 Å². The van der Waals surface area contributed by atoms with Crippen LogP contribution in [0.4, 0.5) is 0 Å². The molecule has 0 aliphatic rings. The van der Waals surface area contributed by atoms with Gasteiger partial charge >= 0.3 is 0 Å². The Morgan fingerprint density at radius 3 is 2.67 bits per heavy atom. The van der Waals surface area contributed by atoms with Gasteiger partial charge in [-0.15, -0.1) is 0 Å². The minimum Gasteiger partial charge on any atom is -0.250 e. The SMILES string of the molecule is Clc1ccc(CCC[n+]2cc[nH]c2)cc1. The van der Waals surface area contributed by atoms with E-state index in [0.29, 0.717) is 0 Å². The van der Waals surface area contributed by atoms with E-state index in [4.69, 9.17) is 11.6 Å². The minimum absolute atomic E-state index is 0.804. The number of H-pyrrole nitrogens is 1. The molecule has 0 fully saturated rings. The molecule has 0 saturated carbocycles. The molecule has 0 radical (unpaired) electrons. The van der Waals surface area contributed by atoms with Gasteiger partial charge in [0.1, 0.15) is 12.4 Å². The van der Waals surface area contributed by atoms with E-state index in [2.05, 4.69) is 21.7 Å². The normalized spacial score (nSPS) is 10.5. The second-order valence-corrected chi connectivity index (χ2v) is 4.02. The zero-order valence-electron chi connectivity index (χ0n) is 8.49. The molecule has 2 aromatic rings. The van der Waals surface area contributed by atoms with E-state index in [1.165, 1.54) is 5.56 Å². The highest BCUT2D eigenvalue weighted by Gasteiger charge is 1.98. The molecule has 1 aromatic heterocycles. The fourth-order valence-corrected chi connectivity index (χ4v) is 1.70. The number of imidazole rings is 1. The molecule has 0 spiro atoms. The molecule has 0 amide bonds. The van der Waals surface area contributed by atoms with Crippen molar-refractivity contribution in [3.8, 4) is 0 Å². The summed E-state index contributed by atoms with van der Waals surface area (Å²) in [5.41, 5.74) is 1.34. The van der Waals surface area contributed by atoms with Gasteiger partial charge in [0, 0.05) is 5.02 Å². The number of aryl methyl sites for hydroxylation is 2. The second-order valence-electron chi connectivity index (χ2n) is 3.58. The summed E-state index contributed by atoms with van der Waals surface area (Å²) in [7, 11) is 0. The highest BCUT2D eigenvalue weighted by molar-refractivity contribution is 6.30. The summed E-state index contributed by atoms with van der Waals surface area (Å²) in [5.74, 6) is 0. The van der Waals surface area contributed by atoms with Crippen LogP contribution in [0.1, 0.15) is 12.0 Å². The third-order valence-corrected chi connectivity index (χ3v) is 2.65. The molecule has 0 atom stereocenters. The smallest absolute Gasteiger partial charge is 0.241 e. The van der Waals surface area contributed by atoms with Crippen molar-refractivity contribution >= 4 is 11.6 Å². The number of benzene rings is 1. The fourth-order valence-electron chi connectivity index (χ4n) is 1.58. The third kappa shape index (κ3) is 3.10. The molecule has 2 rings (SSSR count). The average molecular weight is 222 g/mol. The van der Waals surface area contributed by atoms with E-state index >= 15 is 0 Å². The summed E-state index contributed by atoms with van der Waals surface area (Å²) >= 11 is 5.82. The molecule has 1 N–H and O–H groups in total. The molecule has 15 heavy (non-hydrogen) atoms. The third-order valence-electron chi connectivity index (χ3n) is 2.40. The maximum Gasteiger partial charge on any atom is 0.241 e. The Morgan fingerprint density at radius 2 is 2.00 bits per heavy atom. The van der Waals surface area contributed by atoms with E-state index in [9.17, 15) is 0 Å². The molecule has 0 aliphatic carbocycles. The molecule has 3 heteroatoms. The van der Waals surface area contributed by atoms with Gasteiger partial charge < -0.3 is 0 Å². The van der Waals surface area contributed by atoms with Gasteiger partial charge in [-0.1, -0.05) is 23.7 Å². The number of hydrogen-bond donors (Lipinski definition) is 1. The number of nitrogens with one attached hydrogen (secondary N) is 1. The van der Waals surface area contributed by atoms with Crippen LogP contribution in [0.25, 0.3) is 0 Å². The van der Waals surface area contributed by atoms with Crippen LogP contribution in [0.5, 0.6) is 0 Å². The first-order valence-corrected chi connectivity index (χ1v) is 5.49. The lowest BCUT2D eigenvalue weighted by atomic mass is 10.1. The molecular formula is C12H14ClN2+. The highest BCUT2D eigenvalue weighted by atomic mass is 35.5. The Morgan fingerprint density at radius 1 is 1.20 bits per heavy atom. The lowest BCUT2D eigenvalue weighted by Gasteiger charge is -1.99. The van der Waals surface area contributed by atoms with Crippen molar-refractivity contribution < 1.29 is 4.57 Å². The van der Waals surface area contributed by atoms with Gasteiger partial charge in [0.05, 0.1) is 6.54 Å². The Balaban J connectivity index is 1.81. The maximum absolute atomic E-state index is 5.82. The zero-order chi connectivity index (χ0) is 10.5. The van der Waals surface area contributed by atoms with Crippen LogP contribution in [0.3, 0.4) is 0 Å². The molecule has 1 aromatic carbocycles. The van der Waals surface area contributed by atoms with Crippen molar-refractivity contribution in [1.29, 1.82) is 0 Å². The Labute approximate surface area is 94.5 Å². The topological polar surface area (TPSA) is 19.7 Å². The number of aromatic nitrogens is 2. The van der Waals surface area contributed by atoms with Crippen LogP contribution >= 0.6 is 11.6 Å². The van der Waals surface area contributed by atoms with Crippen LogP contribution in [-0.2, 0) is 13.0 Å². The lowest BCUT2D eigenvalue weighted by molar-refractivity contribution is -0.696. The molecule has 0 bridgehead atoms. The molecule has 1 heterocycles. The summed E-state index contributed by atoms with van der Waals surface area (Å²) < 4.78 is 2.15. The first kappa shape index (κ1) is 10.2. The maximum atomic E-state index is 5.82. The summed E-state index contributed by atoms with van der Waals surface area (Å²) in [5, 5.41) is 0.804. The fraction of sp³-hybridized carbons (Fsp3) is 0.250. The van der Waals surface area contributed by atoms with Crippen molar-refractivity contribution in [2.45, 2.75) is 19.4 Å². The first-order chi connectivity index (χ1) is 7.34. The summed E-state index contributed by atoms with van der Waals surface area (Å²) in [6.07, 6.45) is 8.19. The Bertz CT molecular complexity index is 392. The molecule has 0 saturated heterocycles. The van der Waals surface area contributed by atoms with Gasteiger partial charge in [0.25, 0.3) is 0 Å². The van der Waals surface area contributed by atoms with E-state index < -0.39 is 0 Å². The number of aromatic amines is 1. The van der Waals surface area contributed by atoms with Crippen LogP contribution in [0, 0.1) is 0 Å². The predicted octanol–water partition coefficient (Wildman–Crippen LogP) is 2.59. The Hall–Kier alpha value is -1.28. The van der Waals surface area contributed by atoms with E-state index in [1.807, 2.05) is 30.9 Å². The van der Waals surface area contributed by atoms with Crippen LogP contribution in [0.15, 0.2) is 43.0 Å². The van der Waals surface area contributed by atoms with E-state index in [0.717, 1.165) is 24.4 Å². The monoisotopic (exact) mass is 221 g/mol. The first-order valence-electron chi connectivity index (χ1n) is 5.11. The van der Waals surface area contributed by atoms with E-state index in [1.54, 1.807) is 0 Å². The van der Waals surface area contributed by atoms with Gasteiger partial charge in [-0.2, -0.15) is 0 Å². The standard InChI is InChI=1S/C12H13ClN2/c13-12-5-3-11(4-6-12)2-1-8-15-9-7-14-10-15/h3-7,9-10H,1-2,8H2/p+1. The number of nitrogens with zero attached hydrogens (tertiary/aromatic N) is 1. The average Bonchev–Trinajstić information content (AvgIpc) is 2.74. The van der Waals surface area contributed by atoms with Crippen LogP contribution < -0.4 is 4.57 Å². The van der Waals surface area contributed by atoms with Gasteiger partial charge in [-0.05, 0) is 30.5 Å². The summed E-state index contributed by atoms with van der Waals surface area (Å²) in [4.78, 5) is 3.03. The number of rotatable bonds is 4. The molecule has 0 unspecified atom stereocenters. The van der Waals surface area contributed by atoms with Crippen molar-refractivity contribution in [2.75, 3.05) is 0 Å². The molecule has 78 valence electrons. The Kier molecular flexibility index (Phi) is 3.41. The van der Waals surface area contributed by atoms with Gasteiger partial charge in [-0.25, -0.2) is 4.57 Å². The van der Waals surface area contributed by atoms with Crippen molar-refractivity contribution in [2.24, 2.45) is 0 Å². The van der Waals surface area contributed by atoms with Gasteiger partial charge in [0.15, 0.2) is 0 Å². The lowest BCUT2D eigenvalue weighted by Crippen LogP contribution is -2.30. The summed E-state index contributed by atoms with van der Waals surface area (Å²) in [6, 6.07) is 8.06. The number of hydrogen-bond acceptors (Lipinski definition) is 0.